The van der Waals surface area contributed by atoms with Crippen LogP contribution in [-0.4, -0.2) is 23.7 Å². The molecule has 0 spiro atoms. The van der Waals surface area contributed by atoms with Gasteiger partial charge in [-0.1, -0.05) is 54.4 Å². The van der Waals surface area contributed by atoms with Crippen LogP contribution in [-0.2, 0) is 27.0 Å². The number of carbonyl (C=O) groups excluding carboxylic acids is 2. The molecule has 0 aliphatic heterocycles. The zero-order chi connectivity index (χ0) is 31.7. The van der Waals surface area contributed by atoms with Crippen molar-refractivity contribution < 1.29 is 52.1 Å². The molecule has 3 aliphatic carbocycles. The molecule has 0 radical (unpaired) electrons. The minimum atomic E-state index is -10.7. The largest absolute Gasteiger partial charge is 0 e. The van der Waals surface area contributed by atoms with E-state index in [1.54, 1.807) is 0 Å². The Morgan fingerprint density at radius 1 is 0.690 bits per heavy atom. The van der Waals surface area contributed by atoms with Crippen LogP contribution in [0.2, 0.25) is 0 Å². The zero-order valence-corrected chi connectivity index (χ0v) is 29.5. The molecule has 4 nitrogen and oxygen atoms in total. The fraction of sp³-hybridized carbons (Fsp3) is 0.500. The van der Waals surface area contributed by atoms with E-state index in [2.05, 4.69) is 84.0 Å². The quantitative estimate of drug-likeness (QED) is 0.169. The van der Waals surface area contributed by atoms with Gasteiger partial charge in [-0.3, -0.25) is 9.59 Å². The number of ketones is 2. The number of allylic oxidation sites excluding steroid dienone is 10. The smallest absolute Gasteiger partial charge is 0 e. The average Bonchev–Trinajstić information content (AvgIpc) is 2.78. The van der Waals surface area contributed by atoms with Gasteiger partial charge in [-0.05, 0) is 91.0 Å². The van der Waals surface area contributed by atoms with Crippen molar-refractivity contribution in [2.45, 2.75) is 79.3 Å². The van der Waals surface area contributed by atoms with Gasteiger partial charge in [0.05, 0.1) is 8.96 Å². The molecule has 0 aromatic carbocycles. The molecule has 3 aliphatic rings. The van der Waals surface area contributed by atoms with E-state index in [9.17, 15) is 34.8 Å². The summed E-state index contributed by atoms with van der Waals surface area (Å²) in [6.07, 6.45) is 15.8. The SMILES string of the molecule is CC(C)(C)C1=C/C(=C/N[C@@H]2CCCC[C@H]2N/C=C2/C=C(C(C)(C)C)C=C(Br)C2=O)C(=O)C(Br)=C1.F[P-](F)(F)(F)(F)F.[Cr]. The molecule has 42 heavy (non-hydrogen) atoms. The monoisotopic (exact) mass is 787 g/mol. The van der Waals surface area contributed by atoms with Gasteiger partial charge < -0.3 is 10.6 Å². The van der Waals surface area contributed by atoms with Gasteiger partial charge in [-0.15, -0.1) is 0 Å². The first-order chi connectivity index (χ1) is 18.2. The van der Waals surface area contributed by atoms with Crippen molar-refractivity contribution in [3.05, 3.63) is 68.0 Å². The van der Waals surface area contributed by atoms with Crippen molar-refractivity contribution in [2.75, 3.05) is 0 Å². The predicted molar refractivity (Wildman–Crippen MR) is 161 cm³/mol. The Hall–Kier alpha value is -1.12. The predicted octanol–water partition coefficient (Wildman–Crippen LogP) is 10.3. The van der Waals surface area contributed by atoms with Crippen LogP contribution >= 0.6 is 39.7 Å². The minimum absolute atomic E-state index is 0. The second-order valence-electron chi connectivity index (χ2n) is 12.3. The topological polar surface area (TPSA) is 58.2 Å². The van der Waals surface area contributed by atoms with Crippen molar-refractivity contribution >= 4 is 51.2 Å². The van der Waals surface area contributed by atoms with Gasteiger partial charge in [0, 0.05) is 53.0 Å². The summed E-state index contributed by atoms with van der Waals surface area (Å²) in [5.74, 6) is -0.0144. The second-order valence-corrected chi connectivity index (χ2v) is 16.0. The summed E-state index contributed by atoms with van der Waals surface area (Å²) in [5.41, 5.74) is 3.47. The van der Waals surface area contributed by atoms with Gasteiger partial charge in [0.15, 0.2) is 0 Å². The van der Waals surface area contributed by atoms with Crippen LogP contribution in [0.5, 0.6) is 0 Å². The van der Waals surface area contributed by atoms with E-state index in [-0.39, 0.29) is 51.8 Å². The third-order valence-corrected chi connectivity index (χ3v) is 7.73. The van der Waals surface area contributed by atoms with Gasteiger partial charge >= 0.3 is 33.0 Å². The van der Waals surface area contributed by atoms with Crippen molar-refractivity contribution in [3.63, 3.8) is 0 Å². The molecule has 14 heteroatoms. The Morgan fingerprint density at radius 3 is 1.24 bits per heavy atom. The van der Waals surface area contributed by atoms with Crippen LogP contribution in [0.15, 0.2) is 68.0 Å². The molecule has 1 saturated carbocycles. The zero-order valence-electron chi connectivity index (χ0n) is 24.1. The van der Waals surface area contributed by atoms with Crippen molar-refractivity contribution in [1.82, 2.24) is 10.6 Å². The molecule has 0 amide bonds. The van der Waals surface area contributed by atoms with E-state index < -0.39 is 7.81 Å². The number of hydrogen-bond donors (Lipinski definition) is 2. The summed E-state index contributed by atoms with van der Waals surface area (Å²) in [5, 5.41) is 7.03. The summed E-state index contributed by atoms with van der Waals surface area (Å²) in [7, 11) is -10.7. The number of halogens is 8. The van der Waals surface area contributed by atoms with E-state index in [0.29, 0.717) is 20.1 Å². The van der Waals surface area contributed by atoms with E-state index in [4.69, 9.17) is 0 Å². The number of carbonyl (C=O) groups is 2. The standard InChI is InChI=1S/C28H36Br2N2O2.Cr.F6P/c1-27(2,3)19-11-17(25(33)21(29)13-19)15-31-23-9-7-8-10-24(23)32-16-18-12-20(28(4,5)6)14-22(30)26(18)34;;1-7(2,3,4,5)6/h11-16,23-24,31-32H,7-10H2,1-6H3;;/q;;-1/b17-15-,18-16-;;/t23-,24-;;/m1../s1. The summed E-state index contributed by atoms with van der Waals surface area (Å²) >= 11 is 6.88. The fourth-order valence-electron chi connectivity index (χ4n) is 4.23. The summed E-state index contributed by atoms with van der Waals surface area (Å²) < 4.78 is 60.4. The van der Waals surface area contributed by atoms with Gasteiger partial charge in [-0.25, -0.2) is 0 Å². The van der Waals surface area contributed by atoms with E-state index in [1.165, 1.54) is 0 Å². The summed E-state index contributed by atoms with van der Waals surface area (Å²) in [6, 6.07) is 0.344. The van der Waals surface area contributed by atoms with Crippen molar-refractivity contribution in [3.8, 4) is 0 Å². The van der Waals surface area contributed by atoms with E-state index in [1.807, 2.05) is 36.7 Å². The Bertz CT molecular complexity index is 1180. The molecule has 2 atom stereocenters. The molecule has 238 valence electrons. The first kappa shape index (κ1) is 38.9. The molecule has 2 N–H and O–H groups in total. The Kier molecular flexibility index (Phi) is 12.1. The van der Waals surface area contributed by atoms with Gasteiger partial charge in [0.1, 0.15) is 0 Å². The van der Waals surface area contributed by atoms with Crippen LogP contribution < -0.4 is 10.6 Å². The van der Waals surface area contributed by atoms with Crippen LogP contribution in [0.3, 0.4) is 0 Å². The number of hydrogen-bond acceptors (Lipinski definition) is 4. The van der Waals surface area contributed by atoms with Gasteiger partial charge in [0.25, 0.3) is 0 Å². The second kappa shape index (κ2) is 13.1. The average molecular weight is 789 g/mol. The number of nitrogens with one attached hydrogen (secondary N) is 2. The molecular formula is C28H36Br2CrF6N2O2P-. The Balaban J connectivity index is 0.000000981. The third-order valence-electron chi connectivity index (χ3n) is 6.55. The van der Waals surface area contributed by atoms with Crippen molar-refractivity contribution in [1.29, 1.82) is 0 Å². The van der Waals surface area contributed by atoms with Crippen molar-refractivity contribution in [2.24, 2.45) is 10.8 Å². The summed E-state index contributed by atoms with van der Waals surface area (Å²) in [4.78, 5) is 25.4. The van der Waals surface area contributed by atoms with Gasteiger partial charge in [-0.2, -0.15) is 0 Å². The molecule has 0 saturated heterocycles. The van der Waals surface area contributed by atoms with Crippen LogP contribution in [0.25, 0.3) is 0 Å². The molecule has 3 rings (SSSR count). The fourth-order valence-corrected chi connectivity index (χ4v) is 5.18. The van der Waals surface area contributed by atoms with Gasteiger partial charge in [0.2, 0.25) is 11.6 Å². The van der Waals surface area contributed by atoms with Crippen LogP contribution in [0, 0.1) is 10.8 Å². The normalized spacial score (nSPS) is 25.5. The summed E-state index contributed by atoms with van der Waals surface area (Å²) in [6.45, 7) is 12.9. The molecule has 0 bridgehead atoms. The molecule has 0 aromatic heterocycles. The minimum Gasteiger partial charge on any atom is 0 e. The number of Topliss-reactive ketones (excluding diaryl/α,β-unsaturated/α-hetero) is 2. The van der Waals surface area contributed by atoms with Crippen LogP contribution in [0.1, 0.15) is 67.2 Å². The Morgan fingerprint density at radius 2 is 0.976 bits per heavy atom. The van der Waals surface area contributed by atoms with E-state index in [0.717, 1.165) is 36.8 Å². The maximum atomic E-state index is 12.7. The first-order valence-corrected chi connectivity index (χ1v) is 16.6. The molecule has 0 unspecified atom stereocenters. The van der Waals surface area contributed by atoms with Crippen LogP contribution in [0.4, 0.5) is 25.2 Å². The molecule has 0 aromatic rings. The first-order valence-electron chi connectivity index (χ1n) is 13.0. The molecule has 0 heterocycles. The molecular weight excluding hydrogens is 753 g/mol. The molecule has 1 fully saturated rings. The number of rotatable bonds is 4. The third kappa shape index (κ3) is 13.7. The van der Waals surface area contributed by atoms with E-state index >= 15 is 0 Å². The Labute approximate surface area is 270 Å². The maximum Gasteiger partial charge on any atom is 0 e. The maximum absolute atomic E-state index is 12.7.